The summed E-state index contributed by atoms with van der Waals surface area (Å²) < 4.78 is 2.24. The summed E-state index contributed by atoms with van der Waals surface area (Å²) in [5.41, 5.74) is 5.61. The van der Waals surface area contributed by atoms with E-state index in [9.17, 15) is 0 Å². The average Bonchev–Trinajstić information content (AvgIpc) is 3.14. The van der Waals surface area contributed by atoms with E-state index in [1.54, 1.807) is 0 Å². The number of allylic oxidation sites excluding steroid dienone is 2. The Kier molecular flexibility index (Phi) is 6.02. The molecule has 2 unspecified atom stereocenters. The highest BCUT2D eigenvalue weighted by Crippen LogP contribution is 2.44. The molecule has 3 heterocycles. The summed E-state index contributed by atoms with van der Waals surface area (Å²) in [6.07, 6.45) is 17.5. The molecule has 2 atom stereocenters. The van der Waals surface area contributed by atoms with Crippen molar-refractivity contribution in [2.24, 2.45) is 5.92 Å². The van der Waals surface area contributed by atoms with Crippen molar-refractivity contribution in [3.8, 4) is 0 Å². The Labute approximate surface area is 190 Å². The van der Waals surface area contributed by atoms with Crippen LogP contribution in [0.5, 0.6) is 0 Å². The van der Waals surface area contributed by atoms with Crippen LogP contribution < -0.4 is 10.6 Å². The molecule has 0 saturated carbocycles. The third-order valence-corrected chi connectivity index (χ3v) is 7.35. The molecule has 31 heavy (non-hydrogen) atoms. The van der Waals surface area contributed by atoms with Gasteiger partial charge in [-0.1, -0.05) is 29.8 Å². The lowest BCUT2D eigenvalue weighted by atomic mass is 9.73. The molecule has 1 aromatic carbocycles. The van der Waals surface area contributed by atoms with E-state index in [0.29, 0.717) is 17.9 Å². The highest BCUT2D eigenvalue weighted by Gasteiger charge is 2.37. The number of hydrogen-bond donors (Lipinski definition) is 2. The lowest BCUT2D eigenvalue weighted by Crippen LogP contribution is -2.41. The molecule has 1 aromatic heterocycles. The van der Waals surface area contributed by atoms with Gasteiger partial charge < -0.3 is 15.2 Å². The maximum absolute atomic E-state index is 6.46. The van der Waals surface area contributed by atoms with Gasteiger partial charge in [0.05, 0.1) is 6.04 Å². The minimum Gasteiger partial charge on any atom is -0.383 e. The number of aromatic nitrogens is 2. The van der Waals surface area contributed by atoms with Gasteiger partial charge in [-0.15, -0.1) is 0 Å². The van der Waals surface area contributed by atoms with Gasteiger partial charge in [0, 0.05) is 29.9 Å². The monoisotopic (exact) mass is 434 g/mol. The second-order valence-electron chi connectivity index (χ2n) is 8.95. The number of nitrogens with zero attached hydrogens (tertiary/aromatic N) is 2. The van der Waals surface area contributed by atoms with Crippen molar-refractivity contribution in [3.63, 3.8) is 0 Å². The van der Waals surface area contributed by atoms with E-state index in [2.05, 4.69) is 75.9 Å². The maximum Gasteiger partial charge on any atom is 0.105 e. The molecule has 0 spiro atoms. The molecular weight excluding hydrogens is 404 g/mol. The molecule has 3 aliphatic rings. The summed E-state index contributed by atoms with van der Waals surface area (Å²) in [6.45, 7) is 5.28. The van der Waals surface area contributed by atoms with E-state index in [4.69, 9.17) is 11.6 Å². The second kappa shape index (κ2) is 9.05. The summed E-state index contributed by atoms with van der Waals surface area (Å²) in [5, 5.41) is 8.10. The molecule has 1 saturated heterocycles. The van der Waals surface area contributed by atoms with Crippen LogP contribution in [0.15, 0.2) is 60.1 Å². The minimum absolute atomic E-state index is 0.316. The Morgan fingerprint density at radius 1 is 1.23 bits per heavy atom. The van der Waals surface area contributed by atoms with E-state index in [1.807, 2.05) is 6.20 Å². The molecule has 2 aromatic rings. The topological polar surface area (TPSA) is 41.9 Å². The van der Waals surface area contributed by atoms with Gasteiger partial charge in [0.2, 0.25) is 0 Å². The zero-order valence-corrected chi connectivity index (χ0v) is 18.9. The van der Waals surface area contributed by atoms with Gasteiger partial charge in [-0.2, -0.15) is 0 Å². The highest BCUT2D eigenvalue weighted by molar-refractivity contribution is 6.30. The van der Waals surface area contributed by atoms with Crippen LogP contribution in [-0.2, 0) is 6.54 Å². The molecule has 4 nitrogen and oxygen atoms in total. The van der Waals surface area contributed by atoms with Gasteiger partial charge in [0.25, 0.3) is 0 Å². The summed E-state index contributed by atoms with van der Waals surface area (Å²) in [4.78, 5) is 4.36. The first-order valence-corrected chi connectivity index (χ1v) is 11.9. The first kappa shape index (κ1) is 20.6. The Hall–Kier alpha value is -2.30. The van der Waals surface area contributed by atoms with Crippen LogP contribution >= 0.6 is 11.6 Å². The number of piperidine rings is 1. The average molecular weight is 435 g/mol. The molecule has 5 rings (SSSR count). The largest absolute Gasteiger partial charge is 0.383 e. The molecule has 162 valence electrons. The van der Waals surface area contributed by atoms with Crippen LogP contribution in [0.4, 0.5) is 0 Å². The van der Waals surface area contributed by atoms with Crippen molar-refractivity contribution in [3.05, 3.63) is 82.1 Å². The van der Waals surface area contributed by atoms with Crippen LogP contribution in [0.3, 0.4) is 0 Å². The van der Waals surface area contributed by atoms with Gasteiger partial charge in [-0.25, -0.2) is 4.98 Å². The molecule has 1 aliphatic carbocycles. The predicted octanol–water partition coefficient (Wildman–Crippen LogP) is 5.22. The normalized spacial score (nSPS) is 23.3. The van der Waals surface area contributed by atoms with Crippen LogP contribution in [0.1, 0.15) is 48.6 Å². The van der Waals surface area contributed by atoms with Crippen molar-refractivity contribution in [1.29, 1.82) is 0 Å². The van der Waals surface area contributed by atoms with Crippen LogP contribution in [0.25, 0.3) is 6.08 Å². The number of dihydropyridines is 1. The van der Waals surface area contributed by atoms with Crippen molar-refractivity contribution < 1.29 is 0 Å². The minimum atomic E-state index is 0.316. The first-order chi connectivity index (χ1) is 15.2. The molecule has 5 heteroatoms. The Bertz CT molecular complexity index is 1030. The highest BCUT2D eigenvalue weighted by atomic mass is 35.5. The maximum atomic E-state index is 6.46. The van der Waals surface area contributed by atoms with Gasteiger partial charge in [-0.05, 0) is 98.3 Å². The summed E-state index contributed by atoms with van der Waals surface area (Å²) >= 11 is 6.46. The van der Waals surface area contributed by atoms with E-state index >= 15 is 0 Å². The Morgan fingerprint density at radius 3 is 2.90 bits per heavy atom. The third-order valence-electron chi connectivity index (χ3n) is 7.11. The first-order valence-electron chi connectivity index (χ1n) is 11.5. The van der Waals surface area contributed by atoms with Gasteiger partial charge >= 0.3 is 0 Å². The van der Waals surface area contributed by atoms with Crippen LogP contribution in [-0.4, -0.2) is 28.7 Å². The fraction of sp³-hybridized carbons (Fsp3) is 0.423. The van der Waals surface area contributed by atoms with Gasteiger partial charge in [-0.3, -0.25) is 0 Å². The van der Waals surface area contributed by atoms with Crippen LogP contribution in [0.2, 0.25) is 5.02 Å². The molecule has 2 aliphatic heterocycles. The SMILES string of the molecule is Cc1nccn1CCCC1=Cc2cc(Cl)ccc2C(C2CCNCC2)C2NC=CC=C12. The summed E-state index contributed by atoms with van der Waals surface area (Å²) in [7, 11) is 0. The van der Waals surface area contributed by atoms with Crippen molar-refractivity contribution >= 4 is 17.7 Å². The summed E-state index contributed by atoms with van der Waals surface area (Å²) in [5.74, 6) is 2.20. The molecule has 2 N–H and O–H groups in total. The zero-order valence-electron chi connectivity index (χ0n) is 18.2. The molecule has 0 radical (unpaired) electrons. The second-order valence-corrected chi connectivity index (χ2v) is 9.39. The fourth-order valence-corrected chi connectivity index (χ4v) is 5.74. The number of benzene rings is 1. The number of hydrogen-bond acceptors (Lipinski definition) is 3. The quantitative estimate of drug-likeness (QED) is 0.678. The van der Waals surface area contributed by atoms with Crippen LogP contribution in [0, 0.1) is 12.8 Å². The lowest BCUT2D eigenvalue weighted by molar-refractivity contribution is 0.289. The van der Waals surface area contributed by atoms with Gasteiger partial charge in [0.15, 0.2) is 0 Å². The lowest BCUT2D eigenvalue weighted by Gasteiger charge is -2.38. The number of nitrogens with one attached hydrogen (secondary N) is 2. The molecule has 0 bridgehead atoms. The molecule has 1 fully saturated rings. The fourth-order valence-electron chi connectivity index (χ4n) is 5.56. The van der Waals surface area contributed by atoms with E-state index < -0.39 is 0 Å². The molecule has 0 amide bonds. The van der Waals surface area contributed by atoms with Crippen molar-refractivity contribution in [2.45, 2.75) is 51.1 Å². The van der Waals surface area contributed by atoms with E-state index in [0.717, 1.165) is 43.3 Å². The standard InChI is InChI=1S/C26H31ClN4/c1-18-29-13-15-31(18)14-3-4-20-16-21-17-22(27)6-7-23(21)25(19-8-11-28-12-9-19)26-24(20)5-2-10-30-26/h2,5-7,10,13,15-17,19,25-26,28,30H,3-4,8-9,11-12,14H2,1H3. The number of aryl methyl sites for hydroxylation is 2. The zero-order chi connectivity index (χ0) is 21.2. The number of halogens is 1. The Balaban J connectivity index is 1.49. The smallest absolute Gasteiger partial charge is 0.105 e. The number of rotatable bonds is 5. The Morgan fingerprint density at radius 2 is 2.10 bits per heavy atom. The predicted molar refractivity (Wildman–Crippen MR) is 128 cm³/mol. The van der Waals surface area contributed by atoms with Gasteiger partial charge in [0.1, 0.15) is 5.82 Å². The van der Waals surface area contributed by atoms with E-state index in [1.165, 1.54) is 35.1 Å². The van der Waals surface area contributed by atoms with Crippen molar-refractivity contribution in [2.75, 3.05) is 13.1 Å². The third kappa shape index (κ3) is 4.24. The summed E-state index contributed by atoms with van der Waals surface area (Å²) in [6, 6.07) is 6.82. The molecular formula is C26H31ClN4. The van der Waals surface area contributed by atoms with Crippen molar-refractivity contribution in [1.82, 2.24) is 20.2 Å². The number of fused-ring (bicyclic) bond motifs is 2. The number of imidazole rings is 1. The van der Waals surface area contributed by atoms with E-state index in [-0.39, 0.29) is 0 Å².